The summed E-state index contributed by atoms with van der Waals surface area (Å²) >= 11 is 3.26. The Bertz CT molecular complexity index is 535. The minimum Gasteiger partial charge on any atom is -0.492 e. The zero-order valence-electron chi connectivity index (χ0n) is 9.63. The molecule has 88 valence electrons. The second kappa shape index (κ2) is 4.88. The van der Waals surface area contributed by atoms with Crippen molar-refractivity contribution in [3.05, 3.63) is 52.3 Å². The first-order valence-electron chi connectivity index (χ1n) is 5.22. The van der Waals surface area contributed by atoms with Crippen molar-refractivity contribution in [1.82, 2.24) is 0 Å². The van der Waals surface area contributed by atoms with Gasteiger partial charge < -0.3 is 4.74 Å². The lowest BCUT2D eigenvalue weighted by Crippen LogP contribution is -1.92. The number of halogens is 2. The van der Waals surface area contributed by atoms with Gasteiger partial charge in [-0.15, -0.1) is 0 Å². The van der Waals surface area contributed by atoms with Crippen LogP contribution in [-0.4, -0.2) is 7.11 Å². The predicted molar refractivity (Wildman–Crippen MR) is 70.8 cm³/mol. The molecular weight excluding hydrogens is 283 g/mol. The molecule has 0 saturated heterocycles. The first-order valence-corrected chi connectivity index (χ1v) is 6.02. The summed E-state index contributed by atoms with van der Waals surface area (Å²) in [5.74, 6) is -0.103. The second-order valence-electron chi connectivity index (χ2n) is 3.81. The van der Waals surface area contributed by atoms with Crippen molar-refractivity contribution in [3.63, 3.8) is 0 Å². The summed E-state index contributed by atoms with van der Waals surface area (Å²) in [6.45, 7) is 2.00. The van der Waals surface area contributed by atoms with Crippen LogP contribution in [0.1, 0.15) is 5.56 Å². The van der Waals surface area contributed by atoms with Gasteiger partial charge in [-0.2, -0.15) is 0 Å². The third kappa shape index (κ3) is 2.34. The van der Waals surface area contributed by atoms with E-state index in [0.717, 1.165) is 11.1 Å². The van der Waals surface area contributed by atoms with Crippen molar-refractivity contribution in [2.45, 2.75) is 6.92 Å². The molecule has 0 atom stereocenters. The summed E-state index contributed by atoms with van der Waals surface area (Å²) in [7, 11) is 1.46. The van der Waals surface area contributed by atoms with Gasteiger partial charge in [0.05, 0.1) is 11.6 Å². The number of aryl methyl sites for hydroxylation is 1. The average Bonchev–Trinajstić information content (AvgIpc) is 2.31. The zero-order chi connectivity index (χ0) is 12.4. The summed E-state index contributed by atoms with van der Waals surface area (Å²) < 4.78 is 19.8. The van der Waals surface area contributed by atoms with Gasteiger partial charge in [0.2, 0.25) is 0 Å². The average molecular weight is 295 g/mol. The molecule has 0 aliphatic heterocycles. The second-order valence-corrected chi connectivity index (χ2v) is 4.66. The lowest BCUT2D eigenvalue weighted by molar-refractivity contribution is 0.384. The summed E-state index contributed by atoms with van der Waals surface area (Å²) in [5.41, 5.74) is 2.54. The number of hydrogen-bond donors (Lipinski definition) is 0. The normalized spacial score (nSPS) is 10.4. The van der Waals surface area contributed by atoms with E-state index < -0.39 is 0 Å². The molecule has 0 saturated carbocycles. The monoisotopic (exact) mass is 294 g/mol. The van der Waals surface area contributed by atoms with Crippen LogP contribution in [0.25, 0.3) is 11.1 Å². The maximum Gasteiger partial charge on any atom is 0.174 e. The van der Waals surface area contributed by atoms with Crippen LogP contribution in [0.15, 0.2) is 40.9 Å². The topological polar surface area (TPSA) is 9.23 Å². The lowest BCUT2D eigenvalue weighted by atomic mass is 10.0. The third-order valence-electron chi connectivity index (χ3n) is 2.62. The SMILES string of the molecule is COc1c(Br)ccc(-c2ccc(C)cc2)c1F. The van der Waals surface area contributed by atoms with Crippen LogP contribution in [0, 0.1) is 12.7 Å². The Hall–Kier alpha value is -1.35. The fraction of sp³-hybridized carbons (Fsp3) is 0.143. The predicted octanol–water partition coefficient (Wildman–Crippen LogP) is 4.57. The Kier molecular flexibility index (Phi) is 3.48. The quantitative estimate of drug-likeness (QED) is 0.788. The van der Waals surface area contributed by atoms with E-state index in [1.165, 1.54) is 7.11 Å². The fourth-order valence-corrected chi connectivity index (χ4v) is 2.14. The molecule has 0 radical (unpaired) electrons. The highest BCUT2D eigenvalue weighted by molar-refractivity contribution is 9.10. The summed E-state index contributed by atoms with van der Waals surface area (Å²) in [6.07, 6.45) is 0. The Balaban J connectivity index is 2.56. The van der Waals surface area contributed by atoms with Crippen LogP contribution in [0.2, 0.25) is 0 Å². The van der Waals surface area contributed by atoms with Gasteiger partial charge in [0.25, 0.3) is 0 Å². The van der Waals surface area contributed by atoms with E-state index in [2.05, 4.69) is 15.9 Å². The standard InChI is InChI=1S/C14H12BrFO/c1-9-3-5-10(6-4-9)11-7-8-12(15)14(17-2)13(11)16/h3-8H,1-2H3. The van der Waals surface area contributed by atoms with Crippen LogP contribution >= 0.6 is 15.9 Å². The molecule has 3 heteroatoms. The van der Waals surface area contributed by atoms with Gasteiger partial charge in [-0.3, -0.25) is 0 Å². The van der Waals surface area contributed by atoms with Crippen LogP contribution in [0.5, 0.6) is 5.75 Å². The molecule has 0 amide bonds. The number of rotatable bonds is 2. The number of hydrogen-bond acceptors (Lipinski definition) is 1. The van der Waals surface area contributed by atoms with Gasteiger partial charge in [-0.1, -0.05) is 35.9 Å². The van der Waals surface area contributed by atoms with Crippen molar-refractivity contribution in [1.29, 1.82) is 0 Å². The molecule has 0 aliphatic rings. The molecule has 0 bridgehead atoms. The van der Waals surface area contributed by atoms with Gasteiger partial charge in [0, 0.05) is 5.56 Å². The van der Waals surface area contributed by atoms with E-state index in [1.807, 2.05) is 31.2 Å². The first-order chi connectivity index (χ1) is 8.13. The lowest BCUT2D eigenvalue weighted by Gasteiger charge is -2.09. The molecule has 2 aromatic rings. The van der Waals surface area contributed by atoms with E-state index in [4.69, 9.17) is 4.74 Å². The molecule has 1 nitrogen and oxygen atoms in total. The maximum absolute atomic E-state index is 14.2. The first kappa shape index (κ1) is 12.1. The van der Waals surface area contributed by atoms with Crippen molar-refractivity contribution < 1.29 is 9.13 Å². The Morgan fingerprint density at radius 2 is 1.71 bits per heavy atom. The number of ether oxygens (including phenoxy) is 1. The smallest absolute Gasteiger partial charge is 0.174 e. The Labute approximate surface area is 108 Å². The van der Waals surface area contributed by atoms with Crippen molar-refractivity contribution in [2.24, 2.45) is 0 Å². The van der Waals surface area contributed by atoms with E-state index in [-0.39, 0.29) is 11.6 Å². The van der Waals surface area contributed by atoms with Crippen LogP contribution in [0.3, 0.4) is 0 Å². The molecule has 2 rings (SSSR count). The van der Waals surface area contributed by atoms with Gasteiger partial charge >= 0.3 is 0 Å². The summed E-state index contributed by atoms with van der Waals surface area (Å²) in [6, 6.07) is 11.3. The Morgan fingerprint density at radius 1 is 1.06 bits per heavy atom. The molecular formula is C14H12BrFO. The van der Waals surface area contributed by atoms with Crippen LogP contribution < -0.4 is 4.74 Å². The zero-order valence-corrected chi connectivity index (χ0v) is 11.2. The molecule has 0 spiro atoms. The van der Waals surface area contributed by atoms with Crippen LogP contribution in [-0.2, 0) is 0 Å². The number of benzene rings is 2. The fourth-order valence-electron chi connectivity index (χ4n) is 1.68. The molecule has 0 N–H and O–H groups in total. The van der Waals surface area contributed by atoms with Crippen molar-refractivity contribution in [2.75, 3.05) is 7.11 Å². The molecule has 0 heterocycles. The molecule has 17 heavy (non-hydrogen) atoms. The highest BCUT2D eigenvalue weighted by Gasteiger charge is 2.13. The highest BCUT2D eigenvalue weighted by atomic mass is 79.9. The molecule has 0 fully saturated rings. The molecule has 2 aromatic carbocycles. The van der Waals surface area contributed by atoms with Gasteiger partial charge in [-0.25, -0.2) is 4.39 Å². The molecule has 0 aliphatic carbocycles. The maximum atomic E-state index is 14.2. The molecule has 0 unspecified atom stereocenters. The summed E-state index contributed by atoms with van der Waals surface area (Å²) in [5, 5.41) is 0. The summed E-state index contributed by atoms with van der Waals surface area (Å²) in [4.78, 5) is 0. The van der Waals surface area contributed by atoms with E-state index >= 15 is 0 Å². The minimum absolute atomic E-state index is 0.239. The minimum atomic E-state index is -0.342. The van der Waals surface area contributed by atoms with Gasteiger partial charge in [0.15, 0.2) is 11.6 Å². The van der Waals surface area contributed by atoms with Crippen molar-refractivity contribution >= 4 is 15.9 Å². The van der Waals surface area contributed by atoms with Gasteiger partial charge in [0.1, 0.15) is 0 Å². The molecule has 0 aromatic heterocycles. The highest BCUT2D eigenvalue weighted by Crippen LogP contribution is 2.34. The van der Waals surface area contributed by atoms with E-state index in [9.17, 15) is 4.39 Å². The van der Waals surface area contributed by atoms with Crippen LogP contribution in [0.4, 0.5) is 4.39 Å². The largest absolute Gasteiger partial charge is 0.492 e. The Morgan fingerprint density at radius 3 is 2.29 bits per heavy atom. The van der Waals surface area contributed by atoms with Crippen molar-refractivity contribution in [3.8, 4) is 16.9 Å². The number of methoxy groups -OCH3 is 1. The van der Waals surface area contributed by atoms with E-state index in [1.54, 1.807) is 12.1 Å². The van der Waals surface area contributed by atoms with E-state index in [0.29, 0.717) is 10.0 Å². The third-order valence-corrected chi connectivity index (χ3v) is 3.24. The van der Waals surface area contributed by atoms with Gasteiger partial charge in [-0.05, 0) is 34.5 Å².